The summed E-state index contributed by atoms with van der Waals surface area (Å²) >= 11 is 0. The molecule has 1 aliphatic rings. The van der Waals surface area contributed by atoms with Gasteiger partial charge in [-0.05, 0) is 30.2 Å². The smallest absolute Gasteiger partial charge is 0.127 e. The predicted octanol–water partition coefficient (Wildman–Crippen LogP) is 2.71. The normalized spacial score (nSPS) is 21.2. The standard InChI is InChI=1S/C15H15FN2O/c1-19-12-5-10(4-11(16)6-12)15-3-2-9(8-18-15)13-7-14(13)17/h2-6,8,13-14H,7,17H2,1H3. The SMILES string of the molecule is COc1cc(F)cc(-c2ccc(C3CC3N)cn2)c1. The van der Waals surface area contributed by atoms with Crippen molar-refractivity contribution in [3.05, 3.63) is 47.9 Å². The van der Waals surface area contributed by atoms with Gasteiger partial charge in [0.15, 0.2) is 0 Å². The Morgan fingerprint density at radius 3 is 2.68 bits per heavy atom. The maximum atomic E-state index is 13.4. The zero-order valence-corrected chi connectivity index (χ0v) is 10.6. The van der Waals surface area contributed by atoms with E-state index in [4.69, 9.17) is 10.5 Å². The van der Waals surface area contributed by atoms with Gasteiger partial charge in [-0.15, -0.1) is 0 Å². The lowest BCUT2D eigenvalue weighted by molar-refractivity contribution is 0.411. The number of benzene rings is 1. The number of halogens is 1. The third-order valence-corrected chi connectivity index (χ3v) is 3.46. The molecule has 4 heteroatoms. The molecule has 0 aliphatic heterocycles. The molecule has 2 N–H and O–H groups in total. The lowest BCUT2D eigenvalue weighted by Gasteiger charge is -2.06. The number of nitrogens with two attached hydrogens (primary N) is 1. The van der Waals surface area contributed by atoms with E-state index in [1.807, 2.05) is 18.3 Å². The first kappa shape index (κ1) is 12.1. The molecule has 1 fully saturated rings. The van der Waals surface area contributed by atoms with Crippen LogP contribution in [0.1, 0.15) is 17.9 Å². The van der Waals surface area contributed by atoms with Gasteiger partial charge in [-0.25, -0.2) is 4.39 Å². The fraction of sp³-hybridized carbons (Fsp3) is 0.267. The Hall–Kier alpha value is -1.94. The van der Waals surface area contributed by atoms with E-state index in [2.05, 4.69) is 4.98 Å². The molecule has 3 rings (SSSR count). The molecular weight excluding hydrogens is 243 g/mol. The second kappa shape index (κ2) is 4.63. The van der Waals surface area contributed by atoms with Gasteiger partial charge >= 0.3 is 0 Å². The van der Waals surface area contributed by atoms with Gasteiger partial charge in [0.25, 0.3) is 0 Å². The molecule has 19 heavy (non-hydrogen) atoms. The number of ether oxygens (including phenoxy) is 1. The minimum absolute atomic E-state index is 0.266. The molecule has 1 aromatic heterocycles. The Morgan fingerprint density at radius 2 is 2.11 bits per heavy atom. The third-order valence-electron chi connectivity index (χ3n) is 3.46. The number of methoxy groups -OCH3 is 1. The van der Waals surface area contributed by atoms with E-state index in [1.165, 1.54) is 19.2 Å². The summed E-state index contributed by atoms with van der Waals surface area (Å²) in [4.78, 5) is 4.38. The summed E-state index contributed by atoms with van der Waals surface area (Å²) in [6, 6.07) is 8.75. The zero-order valence-electron chi connectivity index (χ0n) is 10.6. The lowest BCUT2D eigenvalue weighted by atomic mass is 10.1. The van der Waals surface area contributed by atoms with Crippen LogP contribution >= 0.6 is 0 Å². The first-order valence-electron chi connectivity index (χ1n) is 6.24. The van der Waals surface area contributed by atoms with Gasteiger partial charge in [0, 0.05) is 29.8 Å². The van der Waals surface area contributed by atoms with Crippen LogP contribution < -0.4 is 10.5 Å². The lowest BCUT2D eigenvalue weighted by Crippen LogP contribution is -2.01. The fourth-order valence-corrected chi connectivity index (χ4v) is 2.22. The molecule has 1 aromatic carbocycles. The van der Waals surface area contributed by atoms with E-state index in [1.54, 1.807) is 6.07 Å². The number of nitrogens with zero attached hydrogens (tertiary/aromatic N) is 1. The number of hydrogen-bond donors (Lipinski definition) is 1. The molecule has 0 amide bonds. The second-order valence-electron chi connectivity index (χ2n) is 4.86. The molecule has 1 saturated carbocycles. The first-order chi connectivity index (χ1) is 9.17. The van der Waals surface area contributed by atoms with Gasteiger partial charge < -0.3 is 10.5 Å². The van der Waals surface area contributed by atoms with Crippen molar-refractivity contribution < 1.29 is 9.13 Å². The van der Waals surface area contributed by atoms with Crippen LogP contribution in [0.15, 0.2) is 36.5 Å². The Balaban J connectivity index is 1.91. The Bertz CT molecular complexity index is 598. The zero-order chi connectivity index (χ0) is 13.4. The molecule has 0 radical (unpaired) electrons. The fourth-order valence-electron chi connectivity index (χ4n) is 2.22. The summed E-state index contributed by atoms with van der Waals surface area (Å²) in [5, 5.41) is 0. The molecule has 0 bridgehead atoms. The summed E-state index contributed by atoms with van der Waals surface area (Å²) in [5.74, 6) is 0.595. The maximum absolute atomic E-state index is 13.4. The molecule has 3 nitrogen and oxygen atoms in total. The van der Waals surface area contributed by atoms with Gasteiger partial charge in [-0.3, -0.25) is 4.98 Å². The minimum atomic E-state index is -0.329. The van der Waals surface area contributed by atoms with E-state index >= 15 is 0 Å². The van der Waals surface area contributed by atoms with Crippen LogP contribution in [0.4, 0.5) is 4.39 Å². The largest absolute Gasteiger partial charge is 0.497 e. The van der Waals surface area contributed by atoms with Crippen LogP contribution in [-0.2, 0) is 0 Å². The van der Waals surface area contributed by atoms with Crippen LogP contribution in [0.25, 0.3) is 11.3 Å². The van der Waals surface area contributed by atoms with Crippen molar-refractivity contribution in [1.82, 2.24) is 4.98 Å². The van der Waals surface area contributed by atoms with Crippen molar-refractivity contribution in [1.29, 1.82) is 0 Å². The average molecular weight is 258 g/mol. The van der Waals surface area contributed by atoms with Gasteiger partial charge in [-0.2, -0.15) is 0 Å². The first-order valence-corrected chi connectivity index (χ1v) is 6.24. The summed E-state index contributed by atoms with van der Waals surface area (Å²) in [6.45, 7) is 0. The van der Waals surface area contributed by atoms with Crippen LogP contribution in [-0.4, -0.2) is 18.1 Å². The molecule has 2 unspecified atom stereocenters. The molecule has 2 aromatic rings. The Kier molecular flexibility index (Phi) is 2.95. The molecule has 1 heterocycles. The highest BCUT2D eigenvalue weighted by Gasteiger charge is 2.34. The highest BCUT2D eigenvalue weighted by atomic mass is 19.1. The van der Waals surface area contributed by atoms with Crippen molar-refractivity contribution in [3.8, 4) is 17.0 Å². The van der Waals surface area contributed by atoms with E-state index < -0.39 is 0 Å². The number of pyridine rings is 1. The molecular formula is C15H15FN2O. The predicted molar refractivity (Wildman–Crippen MR) is 71.5 cm³/mol. The van der Waals surface area contributed by atoms with Crippen molar-refractivity contribution in [2.45, 2.75) is 18.4 Å². The third kappa shape index (κ3) is 2.44. The topological polar surface area (TPSA) is 48.1 Å². The van der Waals surface area contributed by atoms with E-state index in [0.29, 0.717) is 17.2 Å². The quantitative estimate of drug-likeness (QED) is 0.920. The van der Waals surface area contributed by atoms with E-state index in [0.717, 1.165) is 17.7 Å². The number of rotatable bonds is 3. The molecule has 98 valence electrons. The van der Waals surface area contributed by atoms with Crippen molar-refractivity contribution in [2.75, 3.05) is 7.11 Å². The van der Waals surface area contributed by atoms with Gasteiger partial charge in [-0.1, -0.05) is 6.07 Å². The van der Waals surface area contributed by atoms with Crippen LogP contribution in [0.5, 0.6) is 5.75 Å². The Morgan fingerprint density at radius 1 is 1.32 bits per heavy atom. The summed E-state index contributed by atoms with van der Waals surface area (Å²) < 4.78 is 18.5. The minimum Gasteiger partial charge on any atom is -0.497 e. The second-order valence-corrected chi connectivity index (χ2v) is 4.86. The summed E-state index contributed by atoms with van der Waals surface area (Å²) in [5.41, 5.74) is 8.41. The van der Waals surface area contributed by atoms with Gasteiger partial charge in [0.2, 0.25) is 0 Å². The van der Waals surface area contributed by atoms with E-state index in [9.17, 15) is 4.39 Å². The van der Waals surface area contributed by atoms with Crippen LogP contribution in [0.3, 0.4) is 0 Å². The van der Waals surface area contributed by atoms with Gasteiger partial charge in [0.05, 0.1) is 12.8 Å². The Labute approximate surface area is 111 Å². The van der Waals surface area contributed by atoms with Gasteiger partial charge in [0.1, 0.15) is 11.6 Å². The number of hydrogen-bond acceptors (Lipinski definition) is 3. The summed E-state index contributed by atoms with van der Waals surface area (Å²) in [6.07, 6.45) is 2.85. The van der Waals surface area contributed by atoms with Crippen molar-refractivity contribution in [2.24, 2.45) is 5.73 Å². The van der Waals surface area contributed by atoms with E-state index in [-0.39, 0.29) is 11.9 Å². The highest BCUT2D eigenvalue weighted by Crippen LogP contribution is 2.39. The molecule has 1 aliphatic carbocycles. The average Bonchev–Trinajstić information content (AvgIpc) is 3.15. The maximum Gasteiger partial charge on any atom is 0.127 e. The van der Waals surface area contributed by atoms with Crippen LogP contribution in [0, 0.1) is 5.82 Å². The summed E-state index contributed by atoms with van der Waals surface area (Å²) in [7, 11) is 1.52. The van der Waals surface area contributed by atoms with Crippen LogP contribution in [0.2, 0.25) is 0 Å². The molecule has 2 atom stereocenters. The van der Waals surface area contributed by atoms with Crippen molar-refractivity contribution >= 4 is 0 Å². The number of aromatic nitrogens is 1. The molecule has 0 saturated heterocycles. The highest BCUT2D eigenvalue weighted by molar-refractivity contribution is 5.61. The molecule has 0 spiro atoms. The van der Waals surface area contributed by atoms with Crippen molar-refractivity contribution in [3.63, 3.8) is 0 Å². The monoisotopic (exact) mass is 258 g/mol.